The van der Waals surface area contributed by atoms with E-state index in [2.05, 4.69) is 27.5 Å². The van der Waals surface area contributed by atoms with Gasteiger partial charge in [-0.25, -0.2) is 14.8 Å². The lowest BCUT2D eigenvalue weighted by molar-refractivity contribution is -0.146. The fraction of sp³-hybridized carbons (Fsp3) is 0.458. The van der Waals surface area contributed by atoms with Crippen molar-refractivity contribution < 1.29 is 19.1 Å². The first kappa shape index (κ1) is 24.9. The molecule has 3 heterocycles. The lowest BCUT2D eigenvalue weighted by atomic mass is 9.90. The number of pyridine rings is 2. The van der Waals surface area contributed by atoms with Crippen LogP contribution in [0.25, 0.3) is 0 Å². The molecule has 10 heteroatoms. The highest BCUT2D eigenvalue weighted by atomic mass is 16.6. The molecule has 4 N–H and O–H groups in total. The summed E-state index contributed by atoms with van der Waals surface area (Å²) in [6.07, 6.45) is 4.08. The maximum atomic E-state index is 13.1. The third kappa shape index (κ3) is 6.43. The zero-order valence-electron chi connectivity index (χ0n) is 20.2. The second kappa shape index (κ2) is 10.1. The highest BCUT2D eigenvalue weighted by Gasteiger charge is 2.34. The lowest BCUT2D eigenvalue weighted by Gasteiger charge is -2.38. The van der Waals surface area contributed by atoms with Crippen molar-refractivity contribution in [3.05, 3.63) is 41.7 Å². The van der Waals surface area contributed by atoms with Gasteiger partial charge in [-0.1, -0.05) is 13.0 Å². The molecular formula is C24H32N6O4. The van der Waals surface area contributed by atoms with E-state index in [-0.39, 0.29) is 12.0 Å². The van der Waals surface area contributed by atoms with Crippen molar-refractivity contribution in [2.45, 2.75) is 59.1 Å². The summed E-state index contributed by atoms with van der Waals surface area (Å²) in [6.45, 7) is 9.55. The number of hydrogen-bond acceptors (Lipinski definition) is 7. The van der Waals surface area contributed by atoms with Crippen LogP contribution in [-0.2, 0) is 14.3 Å². The molecule has 1 aliphatic rings. The topological polar surface area (TPSA) is 140 Å². The van der Waals surface area contributed by atoms with Crippen LogP contribution >= 0.6 is 0 Å². The van der Waals surface area contributed by atoms with Crippen LogP contribution in [0.15, 0.2) is 30.6 Å². The minimum atomic E-state index is -0.753. The van der Waals surface area contributed by atoms with Crippen molar-refractivity contribution in [1.82, 2.24) is 14.9 Å². The minimum Gasteiger partial charge on any atom is -0.444 e. The van der Waals surface area contributed by atoms with Gasteiger partial charge in [-0.2, -0.15) is 0 Å². The number of ether oxygens (including phenoxy) is 1. The average molecular weight is 469 g/mol. The Kier molecular flexibility index (Phi) is 7.38. The van der Waals surface area contributed by atoms with Gasteiger partial charge in [0.15, 0.2) is 0 Å². The van der Waals surface area contributed by atoms with E-state index in [1.54, 1.807) is 50.9 Å². The number of amides is 3. The Morgan fingerprint density at radius 3 is 2.47 bits per heavy atom. The van der Waals surface area contributed by atoms with Gasteiger partial charge in [0.1, 0.15) is 17.2 Å². The largest absolute Gasteiger partial charge is 0.444 e. The Balaban J connectivity index is 1.70. The van der Waals surface area contributed by atoms with Crippen LogP contribution < -0.4 is 16.4 Å². The first-order valence-electron chi connectivity index (χ1n) is 11.2. The van der Waals surface area contributed by atoms with E-state index >= 15 is 0 Å². The second-order valence-corrected chi connectivity index (χ2v) is 9.64. The fourth-order valence-electron chi connectivity index (χ4n) is 3.83. The molecule has 34 heavy (non-hydrogen) atoms. The van der Waals surface area contributed by atoms with Gasteiger partial charge in [0.05, 0.1) is 17.9 Å². The zero-order valence-corrected chi connectivity index (χ0v) is 20.2. The molecule has 1 aliphatic heterocycles. The monoisotopic (exact) mass is 468 g/mol. The Bertz CT molecular complexity index is 1060. The number of nitrogens with zero attached hydrogens (tertiary/aromatic N) is 3. The molecule has 0 unspecified atom stereocenters. The van der Waals surface area contributed by atoms with Crippen molar-refractivity contribution >= 4 is 35.2 Å². The van der Waals surface area contributed by atoms with E-state index in [4.69, 9.17) is 10.5 Å². The van der Waals surface area contributed by atoms with Gasteiger partial charge in [0, 0.05) is 12.7 Å². The summed E-state index contributed by atoms with van der Waals surface area (Å²) in [6, 6.07) is 4.91. The number of likely N-dealkylation sites (tertiary alicyclic amines) is 1. The van der Waals surface area contributed by atoms with Gasteiger partial charge in [-0.3, -0.25) is 14.9 Å². The standard InChI is InChI=1S/C24H32N6O4/c1-14-6-8-18(16-7-9-19(25)26-11-16)30(13-14)22(32)21(31)28-17-10-15(2)20(27-12-17)29-23(33)34-24(3,4)5/h7,9-12,14,18H,6,8,13H2,1-5H3,(H2,25,26)(H,28,31)(H,27,29,33)/t14-,18+/m0/s1. The van der Waals surface area contributed by atoms with E-state index in [0.717, 1.165) is 18.4 Å². The summed E-state index contributed by atoms with van der Waals surface area (Å²) in [5.74, 6) is -0.397. The van der Waals surface area contributed by atoms with Crippen LogP contribution in [0.2, 0.25) is 0 Å². The zero-order chi connectivity index (χ0) is 25.0. The van der Waals surface area contributed by atoms with Crippen molar-refractivity contribution in [2.75, 3.05) is 22.9 Å². The van der Waals surface area contributed by atoms with Crippen LogP contribution in [0.4, 0.5) is 22.1 Å². The molecular weight excluding hydrogens is 436 g/mol. The molecule has 2 aromatic heterocycles. The summed E-state index contributed by atoms with van der Waals surface area (Å²) >= 11 is 0. The second-order valence-electron chi connectivity index (χ2n) is 9.64. The third-order valence-corrected chi connectivity index (χ3v) is 5.42. The van der Waals surface area contributed by atoms with Crippen LogP contribution in [0.5, 0.6) is 0 Å². The quantitative estimate of drug-likeness (QED) is 0.584. The number of anilines is 3. The van der Waals surface area contributed by atoms with Crippen LogP contribution in [0, 0.1) is 12.8 Å². The maximum Gasteiger partial charge on any atom is 0.413 e. The number of aryl methyl sites for hydroxylation is 1. The van der Waals surface area contributed by atoms with Crippen molar-refractivity contribution in [2.24, 2.45) is 5.92 Å². The lowest BCUT2D eigenvalue weighted by Crippen LogP contribution is -2.46. The summed E-state index contributed by atoms with van der Waals surface area (Å²) in [7, 11) is 0. The predicted octanol–water partition coefficient (Wildman–Crippen LogP) is 3.65. The summed E-state index contributed by atoms with van der Waals surface area (Å²) in [5, 5.41) is 5.20. The molecule has 2 aromatic rings. The first-order valence-corrected chi connectivity index (χ1v) is 11.2. The van der Waals surface area contributed by atoms with Gasteiger partial charge >= 0.3 is 17.9 Å². The van der Waals surface area contributed by atoms with E-state index < -0.39 is 23.5 Å². The molecule has 0 aromatic carbocycles. The van der Waals surface area contributed by atoms with Crippen LogP contribution in [-0.4, -0.2) is 44.9 Å². The molecule has 2 atom stereocenters. The van der Waals surface area contributed by atoms with E-state index in [9.17, 15) is 14.4 Å². The van der Waals surface area contributed by atoms with Gasteiger partial charge in [0.2, 0.25) is 0 Å². The number of piperidine rings is 1. The number of aromatic nitrogens is 2. The Morgan fingerprint density at radius 1 is 1.12 bits per heavy atom. The highest BCUT2D eigenvalue weighted by molar-refractivity contribution is 6.39. The third-order valence-electron chi connectivity index (χ3n) is 5.42. The minimum absolute atomic E-state index is 0.247. The first-order chi connectivity index (χ1) is 15.9. The Labute approximate surface area is 199 Å². The van der Waals surface area contributed by atoms with Crippen LogP contribution in [0.1, 0.15) is 57.7 Å². The van der Waals surface area contributed by atoms with Crippen molar-refractivity contribution in [1.29, 1.82) is 0 Å². The molecule has 0 bridgehead atoms. The number of hydrogen-bond donors (Lipinski definition) is 3. The van der Waals surface area contributed by atoms with Crippen molar-refractivity contribution in [3.8, 4) is 0 Å². The normalized spacial score (nSPS) is 18.2. The van der Waals surface area contributed by atoms with E-state index in [0.29, 0.717) is 29.4 Å². The SMILES string of the molecule is Cc1cc(NC(=O)C(=O)N2C[C@@H](C)CC[C@@H]2c2ccc(N)nc2)cnc1NC(=O)OC(C)(C)C. The number of nitrogen functional groups attached to an aromatic ring is 1. The molecule has 1 saturated heterocycles. The highest BCUT2D eigenvalue weighted by Crippen LogP contribution is 2.33. The summed E-state index contributed by atoms with van der Waals surface area (Å²) < 4.78 is 5.23. The van der Waals surface area contributed by atoms with E-state index in [1.165, 1.54) is 6.20 Å². The molecule has 0 saturated carbocycles. The predicted molar refractivity (Wildman–Crippen MR) is 129 cm³/mol. The number of rotatable bonds is 3. The summed E-state index contributed by atoms with van der Waals surface area (Å²) in [5.41, 5.74) is 6.85. The smallest absolute Gasteiger partial charge is 0.413 e. The average Bonchev–Trinajstić information content (AvgIpc) is 2.74. The molecule has 0 spiro atoms. The molecule has 3 rings (SSSR count). The van der Waals surface area contributed by atoms with Gasteiger partial charge in [0.25, 0.3) is 0 Å². The summed E-state index contributed by atoms with van der Waals surface area (Å²) in [4.78, 5) is 47.8. The fourth-order valence-corrected chi connectivity index (χ4v) is 3.83. The van der Waals surface area contributed by atoms with E-state index in [1.807, 2.05) is 6.07 Å². The molecule has 3 amide bonds. The maximum absolute atomic E-state index is 13.1. The Morgan fingerprint density at radius 2 is 1.85 bits per heavy atom. The molecule has 182 valence electrons. The van der Waals surface area contributed by atoms with Gasteiger partial charge in [-0.15, -0.1) is 0 Å². The molecule has 10 nitrogen and oxygen atoms in total. The van der Waals surface area contributed by atoms with Crippen molar-refractivity contribution in [3.63, 3.8) is 0 Å². The number of nitrogens with two attached hydrogens (primary N) is 1. The molecule has 1 fully saturated rings. The van der Waals surface area contributed by atoms with Gasteiger partial charge in [-0.05, 0) is 69.7 Å². The van der Waals surface area contributed by atoms with Crippen LogP contribution in [0.3, 0.4) is 0 Å². The number of nitrogens with one attached hydrogen (secondary N) is 2. The van der Waals surface area contributed by atoms with Gasteiger partial charge < -0.3 is 20.7 Å². The molecule has 0 aliphatic carbocycles. The Hall–Kier alpha value is -3.69. The number of carbonyl (C=O) groups excluding carboxylic acids is 3. The molecule has 0 radical (unpaired) electrons. The number of carbonyl (C=O) groups is 3.